The van der Waals surface area contributed by atoms with Crippen LogP contribution in [0.4, 0.5) is 0 Å². The third-order valence-corrected chi connectivity index (χ3v) is 4.53. The van der Waals surface area contributed by atoms with E-state index in [1.54, 1.807) is 25.4 Å². The fourth-order valence-electron chi connectivity index (χ4n) is 2.96. The molecule has 3 aromatic rings. The smallest absolute Gasteiger partial charge is 0.261 e. The fraction of sp³-hybridized carbons (Fsp3) is 0.273. The third-order valence-electron chi connectivity index (χ3n) is 4.53. The molecule has 0 radical (unpaired) electrons. The molecule has 0 saturated heterocycles. The van der Waals surface area contributed by atoms with E-state index >= 15 is 0 Å². The molecule has 6 nitrogen and oxygen atoms in total. The molecule has 6 heteroatoms. The van der Waals surface area contributed by atoms with Gasteiger partial charge in [-0.15, -0.1) is 0 Å². The number of nitrogens with zero attached hydrogens (tertiary/aromatic N) is 2. The maximum atomic E-state index is 12.7. The Balaban J connectivity index is 1.66. The number of imidazole rings is 1. The number of methoxy groups -OCH3 is 1. The molecule has 28 heavy (non-hydrogen) atoms. The molecule has 0 aliphatic rings. The number of ether oxygens (including phenoxy) is 2. The van der Waals surface area contributed by atoms with E-state index in [9.17, 15) is 4.79 Å². The van der Waals surface area contributed by atoms with Gasteiger partial charge >= 0.3 is 0 Å². The van der Waals surface area contributed by atoms with Gasteiger partial charge in [0.15, 0.2) is 6.10 Å². The highest BCUT2D eigenvalue weighted by Crippen LogP contribution is 2.19. The van der Waals surface area contributed by atoms with Crippen LogP contribution in [0, 0.1) is 6.92 Å². The number of aryl methyl sites for hydroxylation is 1. The number of carbonyl (C=O) groups is 1. The second-order valence-electron chi connectivity index (χ2n) is 6.38. The van der Waals surface area contributed by atoms with Gasteiger partial charge in [0.2, 0.25) is 0 Å². The van der Waals surface area contributed by atoms with Crippen LogP contribution in [-0.2, 0) is 11.3 Å². The average molecular weight is 379 g/mol. The van der Waals surface area contributed by atoms with Crippen molar-refractivity contribution in [3.8, 4) is 17.2 Å². The Morgan fingerprint density at radius 2 is 1.86 bits per heavy atom. The van der Waals surface area contributed by atoms with Crippen molar-refractivity contribution in [1.29, 1.82) is 0 Å². The average Bonchev–Trinajstić information content (AvgIpc) is 3.16. The second kappa shape index (κ2) is 9.08. The third kappa shape index (κ3) is 4.52. The van der Waals surface area contributed by atoms with E-state index in [2.05, 4.69) is 10.3 Å². The van der Waals surface area contributed by atoms with E-state index in [-0.39, 0.29) is 5.91 Å². The summed E-state index contributed by atoms with van der Waals surface area (Å²) in [5.41, 5.74) is 2.01. The Labute approximate surface area is 165 Å². The summed E-state index contributed by atoms with van der Waals surface area (Å²) in [6, 6.07) is 15.2. The second-order valence-corrected chi connectivity index (χ2v) is 6.38. The molecule has 1 heterocycles. The molecule has 0 spiro atoms. The highest BCUT2D eigenvalue weighted by atomic mass is 16.5. The molecule has 0 bridgehead atoms. The molecule has 146 valence electrons. The van der Waals surface area contributed by atoms with Gasteiger partial charge in [-0.3, -0.25) is 4.79 Å². The minimum atomic E-state index is -0.560. The van der Waals surface area contributed by atoms with E-state index in [4.69, 9.17) is 9.47 Å². The molecule has 3 rings (SSSR count). The van der Waals surface area contributed by atoms with Crippen LogP contribution in [0.5, 0.6) is 11.5 Å². The van der Waals surface area contributed by atoms with Gasteiger partial charge in [-0.25, -0.2) is 4.98 Å². The number of aromatic nitrogens is 2. The maximum absolute atomic E-state index is 12.7. The quantitative estimate of drug-likeness (QED) is 0.649. The molecule has 0 aliphatic carbocycles. The van der Waals surface area contributed by atoms with Crippen LogP contribution < -0.4 is 14.8 Å². The summed E-state index contributed by atoms with van der Waals surface area (Å²) in [5.74, 6) is 2.14. The Hall–Kier alpha value is -3.28. The van der Waals surface area contributed by atoms with Crippen LogP contribution in [0.1, 0.15) is 24.7 Å². The first-order chi connectivity index (χ1) is 13.6. The lowest BCUT2D eigenvalue weighted by Gasteiger charge is -2.18. The minimum Gasteiger partial charge on any atom is -0.497 e. The first-order valence-electron chi connectivity index (χ1n) is 9.29. The van der Waals surface area contributed by atoms with E-state index in [0.717, 1.165) is 22.8 Å². The fourth-order valence-corrected chi connectivity index (χ4v) is 2.96. The van der Waals surface area contributed by atoms with Crippen LogP contribution in [0.3, 0.4) is 0 Å². The maximum Gasteiger partial charge on any atom is 0.261 e. The number of hydrogen-bond donors (Lipinski definition) is 1. The highest BCUT2D eigenvalue weighted by Gasteiger charge is 2.18. The number of amides is 1. The lowest BCUT2D eigenvalue weighted by atomic mass is 10.1. The molecule has 1 N–H and O–H groups in total. The zero-order valence-corrected chi connectivity index (χ0v) is 16.4. The Morgan fingerprint density at radius 1 is 1.14 bits per heavy atom. The van der Waals surface area contributed by atoms with Crippen LogP contribution in [0.25, 0.3) is 5.69 Å². The molecular formula is C22H25N3O3. The van der Waals surface area contributed by atoms with Crippen LogP contribution in [-0.4, -0.2) is 28.7 Å². The van der Waals surface area contributed by atoms with Gasteiger partial charge in [-0.05, 0) is 49.2 Å². The Bertz CT molecular complexity index is 919. The highest BCUT2D eigenvalue weighted by molar-refractivity contribution is 5.81. The lowest BCUT2D eigenvalue weighted by Crippen LogP contribution is -2.37. The standard InChI is InChI=1S/C22H25N3O3/c1-4-21(28-19-11-9-18(27-3)10-12-19)22(26)24-15-17-7-5-6-8-20(17)25-14-13-23-16(25)2/h5-14,21H,4,15H2,1-3H3,(H,24,26)/t21-/m0/s1. The number of benzene rings is 2. The molecule has 1 atom stereocenters. The number of hydrogen-bond acceptors (Lipinski definition) is 4. The molecular weight excluding hydrogens is 354 g/mol. The van der Waals surface area contributed by atoms with Gasteiger partial charge in [-0.2, -0.15) is 0 Å². The van der Waals surface area contributed by atoms with Gasteiger partial charge < -0.3 is 19.4 Å². The Morgan fingerprint density at radius 3 is 2.50 bits per heavy atom. The van der Waals surface area contributed by atoms with Crippen LogP contribution in [0.2, 0.25) is 0 Å². The van der Waals surface area contributed by atoms with Crippen molar-refractivity contribution in [1.82, 2.24) is 14.9 Å². The molecule has 0 unspecified atom stereocenters. The van der Waals surface area contributed by atoms with Gasteiger partial charge in [0.05, 0.1) is 12.8 Å². The summed E-state index contributed by atoms with van der Waals surface area (Å²) in [7, 11) is 1.61. The monoisotopic (exact) mass is 379 g/mol. The van der Waals surface area contributed by atoms with Crippen molar-refractivity contribution in [2.75, 3.05) is 7.11 Å². The molecule has 0 aliphatic heterocycles. The van der Waals surface area contributed by atoms with Crippen molar-refractivity contribution >= 4 is 5.91 Å². The molecule has 1 amide bonds. The zero-order valence-electron chi connectivity index (χ0n) is 16.4. The number of nitrogens with one attached hydrogen (secondary N) is 1. The van der Waals surface area contributed by atoms with E-state index in [0.29, 0.717) is 18.7 Å². The van der Waals surface area contributed by atoms with Gasteiger partial charge in [-0.1, -0.05) is 25.1 Å². The summed E-state index contributed by atoms with van der Waals surface area (Å²) in [6.07, 6.45) is 3.69. The molecule has 0 saturated carbocycles. The summed E-state index contributed by atoms with van der Waals surface area (Å²) < 4.78 is 13.0. The molecule has 2 aromatic carbocycles. The summed E-state index contributed by atoms with van der Waals surface area (Å²) in [6.45, 7) is 4.29. The van der Waals surface area contributed by atoms with Crippen molar-refractivity contribution in [3.63, 3.8) is 0 Å². The van der Waals surface area contributed by atoms with Crippen LogP contribution in [0.15, 0.2) is 60.9 Å². The van der Waals surface area contributed by atoms with Crippen molar-refractivity contribution in [2.24, 2.45) is 0 Å². The first-order valence-corrected chi connectivity index (χ1v) is 9.29. The largest absolute Gasteiger partial charge is 0.497 e. The summed E-state index contributed by atoms with van der Waals surface area (Å²) >= 11 is 0. The molecule has 1 aromatic heterocycles. The number of rotatable bonds is 8. The number of para-hydroxylation sites is 1. The van der Waals surface area contributed by atoms with Gasteiger partial charge in [0.25, 0.3) is 5.91 Å². The van der Waals surface area contributed by atoms with Crippen molar-refractivity contribution < 1.29 is 14.3 Å². The zero-order chi connectivity index (χ0) is 19.9. The first kappa shape index (κ1) is 19.5. The van der Waals surface area contributed by atoms with E-state index in [1.807, 2.05) is 61.0 Å². The van der Waals surface area contributed by atoms with Crippen LogP contribution >= 0.6 is 0 Å². The van der Waals surface area contributed by atoms with E-state index < -0.39 is 6.10 Å². The summed E-state index contributed by atoms with van der Waals surface area (Å²) in [5, 5.41) is 2.99. The molecule has 0 fully saturated rings. The minimum absolute atomic E-state index is 0.143. The lowest BCUT2D eigenvalue weighted by molar-refractivity contribution is -0.128. The van der Waals surface area contributed by atoms with Crippen molar-refractivity contribution in [3.05, 3.63) is 72.3 Å². The van der Waals surface area contributed by atoms with Crippen molar-refractivity contribution in [2.45, 2.75) is 32.9 Å². The predicted molar refractivity (Wildman–Crippen MR) is 108 cm³/mol. The Kier molecular flexibility index (Phi) is 6.32. The predicted octanol–water partition coefficient (Wildman–Crippen LogP) is 3.66. The normalized spacial score (nSPS) is 11.7. The summed E-state index contributed by atoms with van der Waals surface area (Å²) in [4.78, 5) is 16.9. The number of carbonyl (C=O) groups excluding carboxylic acids is 1. The topological polar surface area (TPSA) is 65.4 Å². The van der Waals surface area contributed by atoms with E-state index in [1.165, 1.54) is 0 Å². The SMILES string of the molecule is CC[C@H](Oc1ccc(OC)cc1)C(=O)NCc1ccccc1-n1ccnc1C. The van der Waals surface area contributed by atoms with Gasteiger partial charge in [0, 0.05) is 18.9 Å². The van der Waals surface area contributed by atoms with Gasteiger partial charge in [0.1, 0.15) is 17.3 Å².